The number of amides is 1. The molecule has 1 aromatic heterocycles. The molecule has 3 heterocycles. The molecule has 1 amide bonds. The quantitative estimate of drug-likeness (QED) is 0.596. The predicted molar refractivity (Wildman–Crippen MR) is 131 cm³/mol. The van der Waals surface area contributed by atoms with Crippen LogP contribution in [0.15, 0.2) is 73.1 Å². The molecule has 2 N–H and O–H groups in total. The second-order valence-corrected chi connectivity index (χ2v) is 8.80. The average molecular weight is 443 g/mol. The molecule has 1 fully saturated rings. The number of carbonyl (C=O) groups is 1. The Morgan fingerprint density at radius 3 is 2.76 bits per heavy atom. The lowest BCUT2D eigenvalue weighted by atomic mass is 10.0. The largest absolute Gasteiger partial charge is 0.489 e. The van der Waals surface area contributed by atoms with Gasteiger partial charge in [0.15, 0.2) is 0 Å². The number of anilines is 2. The molecule has 1 saturated heterocycles. The summed E-state index contributed by atoms with van der Waals surface area (Å²) in [5.74, 6) is 0.900. The van der Waals surface area contributed by atoms with Crippen LogP contribution in [-0.2, 0) is 6.42 Å². The van der Waals surface area contributed by atoms with Gasteiger partial charge in [0.1, 0.15) is 11.9 Å². The van der Waals surface area contributed by atoms with Crippen molar-refractivity contribution in [2.24, 2.45) is 0 Å². The maximum atomic E-state index is 12.4. The highest BCUT2D eigenvalue weighted by Gasteiger charge is 2.23. The average Bonchev–Trinajstić information content (AvgIpc) is 2.88. The summed E-state index contributed by atoms with van der Waals surface area (Å²) < 4.78 is 6.18. The van der Waals surface area contributed by atoms with E-state index in [2.05, 4.69) is 50.8 Å². The third-order valence-electron chi connectivity index (χ3n) is 6.52. The van der Waals surface area contributed by atoms with E-state index in [9.17, 15) is 4.79 Å². The Hall–Kier alpha value is -3.38. The molecule has 1 atom stereocenters. The Balaban J connectivity index is 1.10. The number of benzene rings is 2. The summed E-state index contributed by atoms with van der Waals surface area (Å²) >= 11 is 0. The maximum absolute atomic E-state index is 12.4. The van der Waals surface area contributed by atoms with E-state index in [1.165, 1.54) is 5.56 Å². The van der Waals surface area contributed by atoms with E-state index in [0.717, 1.165) is 62.4 Å². The van der Waals surface area contributed by atoms with E-state index in [1.807, 2.05) is 18.2 Å². The van der Waals surface area contributed by atoms with Crippen LogP contribution in [0.3, 0.4) is 0 Å². The molecule has 2 aromatic carbocycles. The van der Waals surface area contributed by atoms with Gasteiger partial charge in [-0.15, -0.1) is 0 Å². The molecular formula is C27H30N4O2. The van der Waals surface area contributed by atoms with Crippen LogP contribution in [0.2, 0.25) is 0 Å². The van der Waals surface area contributed by atoms with Crippen LogP contribution in [0.1, 0.15) is 35.2 Å². The van der Waals surface area contributed by atoms with E-state index >= 15 is 0 Å². The van der Waals surface area contributed by atoms with Crippen LogP contribution in [0.25, 0.3) is 0 Å². The molecule has 0 bridgehead atoms. The van der Waals surface area contributed by atoms with Gasteiger partial charge < -0.3 is 20.3 Å². The number of piperidine rings is 1. The zero-order valence-corrected chi connectivity index (χ0v) is 18.7. The topological polar surface area (TPSA) is 66.5 Å². The van der Waals surface area contributed by atoms with Crippen molar-refractivity contribution in [3.05, 3.63) is 84.2 Å². The Morgan fingerprint density at radius 1 is 1.03 bits per heavy atom. The number of ether oxygens (including phenoxy) is 1. The number of hydrogen-bond acceptors (Lipinski definition) is 5. The van der Waals surface area contributed by atoms with Crippen LogP contribution in [0.4, 0.5) is 11.4 Å². The molecule has 6 heteroatoms. The fraction of sp³-hybridized carbons (Fsp3) is 0.333. The van der Waals surface area contributed by atoms with Gasteiger partial charge in [0, 0.05) is 49.4 Å². The van der Waals surface area contributed by atoms with Crippen molar-refractivity contribution >= 4 is 17.3 Å². The molecule has 2 aliphatic rings. The molecule has 6 nitrogen and oxygen atoms in total. The minimum atomic E-state index is -0.143. The van der Waals surface area contributed by atoms with Gasteiger partial charge >= 0.3 is 0 Å². The smallest absolute Gasteiger partial charge is 0.257 e. The van der Waals surface area contributed by atoms with Crippen molar-refractivity contribution in [1.82, 2.24) is 10.3 Å². The minimum absolute atomic E-state index is 0.143. The summed E-state index contributed by atoms with van der Waals surface area (Å²) in [4.78, 5) is 18.8. The monoisotopic (exact) mass is 442 g/mol. The van der Waals surface area contributed by atoms with Crippen LogP contribution < -0.4 is 20.3 Å². The summed E-state index contributed by atoms with van der Waals surface area (Å²) in [5.41, 5.74) is 3.82. The highest BCUT2D eigenvalue weighted by atomic mass is 16.5. The fourth-order valence-electron chi connectivity index (χ4n) is 4.64. The van der Waals surface area contributed by atoms with Gasteiger partial charge in [-0.2, -0.15) is 0 Å². The molecule has 0 saturated carbocycles. The van der Waals surface area contributed by atoms with Gasteiger partial charge in [0.05, 0.1) is 5.56 Å². The number of pyridine rings is 1. The number of hydrogen-bond donors (Lipinski definition) is 2. The molecule has 33 heavy (non-hydrogen) atoms. The van der Waals surface area contributed by atoms with Crippen molar-refractivity contribution in [2.45, 2.75) is 37.8 Å². The summed E-state index contributed by atoms with van der Waals surface area (Å²) in [6, 6.07) is 20.5. The first-order chi connectivity index (χ1) is 16.2. The fourth-order valence-corrected chi connectivity index (χ4v) is 4.64. The molecule has 0 radical (unpaired) electrons. The van der Waals surface area contributed by atoms with Crippen molar-refractivity contribution < 1.29 is 9.53 Å². The first-order valence-electron chi connectivity index (χ1n) is 11.8. The first kappa shape index (κ1) is 21.5. The van der Waals surface area contributed by atoms with Crippen molar-refractivity contribution in [1.29, 1.82) is 0 Å². The normalized spacial score (nSPS) is 18.3. The van der Waals surface area contributed by atoms with Crippen LogP contribution in [0.5, 0.6) is 5.75 Å². The van der Waals surface area contributed by atoms with E-state index in [1.54, 1.807) is 24.5 Å². The third-order valence-corrected chi connectivity index (χ3v) is 6.52. The lowest BCUT2D eigenvalue weighted by molar-refractivity contribution is 0.102. The number of carbonyl (C=O) groups excluding carboxylic acids is 1. The first-order valence-corrected chi connectivity index (χ1v) is 11.8. The van der Waals surface area contributed by atoms with Gasteiger partial charge in [0.2, 0.25) is 0 Å². The SMILES string of the molecule is O=C(Nc1cccc(N2CCC(NC[C@H]3CCc4ccccc4O3)CC2)c1)c1cccnc1. The number of fused-ring (bicyclic) bond motifs is 1. The summed E-state index contributed by atoms with van der Waals surface area (Å²) in [5, 5.41) is 6.71. The van der Waals surface area contributed by atoms with E-state index in [0.29, 0.717) is 11.6 Å². The molecule has 170 valence electrons. The van der Waals surface area contributed by atoms with E-state index < -0.39 is 0 Å². The Kier molecular flexibility index (Phi) is 6.53. The molecule has 3 aromatic rings. The molecule has 2 aliphatic heterocycles. The second-order valence-electron chi connectivity index (χ2n) is 8.80. The van der Waals surface area contributed by atoms with Crippen molar-refractivity contribution in [3.63, 3.8) is 0 Å². The lowest BCUT2D eigenvalue weighted by Crippen LogP contribution is -2.46. The van der Waals surface area contributed by atoms with Gasteiger partial charge in [-0.05, 0) is 67.6 Å². The second kappa shape index (κ2) is 10.0. The molecule has 0 aliphatic carbocycles. The van der Waals surface area contributed by atoms with Gasteiger partial charge in [-0.1, -0.05) is 24.3 Å². The Morgan fingerprint density at radius 2 is 1.91 bits per heavy atom. The summed E-state index contributed by atoms with van der Waals surface area (Å²) in [6.45, 7) is 2.88. The van der Waals surface area contributed by atoms with Crippen molar-refractivity contribution in [2.75, 3.05) is 29.9 Å². The third kappa shape index (κ3) is 5.34. The molecular weight excluding hydrogens is 412 g/mol. The van der Waals surface area contributed by atoms with Gasteiger partial charge in [-0.3, -0.25) is 9.78 Å². The zero-order chi connectivity index (χ0) is 22.5. The molecule has 5 rings (SSSR count). The summed E-state index contributed by atoms with van der Waals surface area (Å²) in [6.07, 6.45) is 7.84. The predicted octanol–water partition coefficient (Wildman–Crippen LogP) is 4.29. The number of para-hydroxylation sites is 1. The van der Waals surface area contributed by atoms with Crippen LogP contribution in [0, 0.1) is 0 Å². The Labute approximate surface area is 195 Å². The summed E-state index contributed by atoms with van der Waals surface area (Å²) in [7, 11) is 0. The number of nitrogens with zero attached hydrogens (tertiary/aromatic N) is 2. The molecule has 0 spiro atoms. The number of aromatic nitrogens is 1. The maximum Gasteiger partial charge on any atom is 0.257 e. The van der Waals surface area contributed by atoms with Crippen LogP contribution in [-0.4, -0.2) is 42.7 Å². The van der Waals surface area contributed by atoms with Gasteiger partial charge in [0.25, 0.3) is 5.91 Å². The number of rotatable bonds is 6. The van der Waals surface area contributed by atoms with Crippen molar-refractivity contribution in [3.8, 4) is 5.75 Å². The zero-order valence-electron chi connectivity index (χ0n) is 18.7. The highest BCUT2D eigenvalue weighted by molar-refractivity contribution is 6.04. The van der Waals surface area contributed by atoms with E-state index in [4.69, 9.17) is 4.74 Å². The standard InChI is InChI=1S/C27H30N4O2/c32-27(21-6-4-14-28-18-21)30-23-7-3-8-24(17-23)31-15-12-22(13-16-31)29-19-25-11-10-20-5-1-2-9-26(20)33-25/h1-9,14,17-18,22,25,29H,10-13,15-16,19H2,(H,30,32)/t25-/m1/s1. The van der Waals surface area contributed by atoms with Crippen LogP contribution >= 0.6 is 0 Å². The molecule has 0 unspecified atom stereocenters. The lowest BCUT2D eigenvalue weighted by Gasteiger charge is -2.35. The number of nitrogens with one attached hydrogen (secondary N) is 2. The minimum Gasteiger partial charge on any atom is -0.489 e. The Bertz CT molecular complexity index is 1080. The highest BCUT2D eigenvalue weighted by Crippen LogP contribution is 2.27. The van der Waals surface area contributed by atoms with E-state index in [-0.39, 0.29) is 12.0 Å². The number of aryl methyl sites for hydroxylation is 1. The van der Waals surface area contributed by atoms with Gasteiger partial charge in [-0.25, -0.2) is 0 Å².